The first-order valence-electron chi connectivity index (χ1n) is 6.71. The summed E-state index contributed by atoms with van der Waals surface area (Å²) in [6.45, 7) is 3.38. The molecule has 104 valence electrons. The van der Waals surface area contributed by atoms with E-state index in [2.05, 4.69) is 33.9 Å². The van der Waals surface area contributed by atoms with Gasteiger partial charge in [0.1, 0.15) is 10.5 Å². The smallest absolute Gasteiger partial charge is 0.134 e. The molecule has 1 saturated heterocycles. The maximum absolute atomic E-state index is 5.42. The van der Waals surface area contributed by atoms with Gasteiger partial charge in [-0.25, -0.2) is 4.98 Å². The zero-order chi connectivity index (χ0) is 13.4. The van der Waals surface area contributed by atoms with Crippen LogP contribution in [0.25, 0.3) is 0 Å². The zero-order valence-corrected chi connectivity index (χ0v) is 13.1. The van der Waals surface area contributed by atoms with Crippen LogP contribution in [0.2, 0.25) is 0 Å². The van der Waals surface area contributed by atoms with Gasteiger partial charge in [-0.3, -0.25) is 0 Å². The van der Waals surface area contributed by atoms with E-state index in [0.717, 1.165) is 48.0 Å². The fraction of sp³-hybridized carbons (Fsp3) is 0.692. The SMILES string of the molecule is CN1CCN(C)C(Cc2nc(=S)c3c([nH]2)CSC3)C1. The van der Waals surface area contributed by atoms with Crippen molar-refractivity contribution in [3.63, 3.8) is 0 Å². The number of H-pyrrole nitrogens is 1. The zero-order valence-electron chi connectivity index (χ0n) is 11.5. The van der Waals surface area contributed by atoms with Gasteiger partial charge >= 0.3 is 0 Å². The predicted octanol–water partition coefficient (Wildman–Crippen LogP) is 1.67. The molecule has 1 unspecified atom stereocenters. The second kappa shape index (κ2) is 5.52. The highest BCUT2D eigenvalue weighted by atomic mass is 32.2. The third-order valence-electron chi connectivity index (χ3n) is 4.06. The minimum Gasteiger partial charge on any atom is -0.346 e. The molecule has 1 aromatic rings. The first-order valence-corrected chi connectivity index (χ1v) is 8.27. The molecule has 0 aromatic carbocycles. The highest BCUT2D eigenvalue weighted by Crippen LogP contribution is 2.28. The van der Waals surface area contributed by atoms with E-state index in [-0.39, 0.29) is 0 Å². The molecule has 0 saturated carbocycles. The van der Waals surface area contributed by atoms with E-state index in [1.165, 1.54) is 11.3 Å². The van der Waals surface area contributed by atoms with Gasteiger partial charge in [0, 0.05) is 54.9 Å². The first kappa shape index (κ1) is 13.5. The number of piperazine rings is 1. The summed E-state index contributed by atoms with van der Waals surface area (Å²) in [6.07, 6.45) is 0.961. The highest BCUT2D eigenvalue weighted by molar-refractivity contribution is 7.98. The van der Waals surface area contributed by atoms with Crippen molar-refractivity contribution < 1.29 is 0 Å². The van der Waals surface area contributed by atoms with Crippen LogP contribution in [0.4, 0.5) is 0 Å². The molecule has 1 atom stereocenters. The van der Waals surface area contributed by atoms with E-state index in [4.69, 9.17) is 12.2 Å². The van der Waals surface area contributed by atoms with Crippen LogP contribution in [0.3, 0.4) is 0 Å². The van der Waals surface area contributed by atoms with E-state index in [0.29, 0.717) is 6.04 Å². The summed E-state index contributed by atoms with van der Waals surface area (Å²) in [6, 6.07) is 0.531. The monoisotopic (exact) mass is 296 g/mol. The molecule has 0 bridgehead atoms. The van der Waals surface area contributed by atoms with Crippen molar-refractivity contribution in [1.82, 2.24) is 19.8 Å². The molecule has 6 heteroatoms. The van der Waals surface area contributed by atoms with Gasteiger partial charge in [0.2, 0.25) is 0 Å². The van der Waals surface area contributed by atoms with Gasteiger partial charge in [-0.1, -0.05) is 12.2 Å². The molecular formula is C13H20N4S2. The molecule has 3 rings (SSSR count). The molecule has 0 radical (unpaired) electrons. The van der Waals surface area contributed by atoms with Crippen LogP contribution in [0.5, 0.6) is 0 Å². The van der Waals surface area contributed by atoms with E-state index in [9.17, 15) is 0 Å². The Hall–Kier alpha value is -0.430. The number of nitrogens with zero attached hydrogens (tertiary/aromatic N) is 3. The molecule has 4 nitrogen and oxygen atoms in total. The Morgan fingerprint density at radius 3 is 3.05 bits per heavy atom. The van der Waals surface area contributed by atoms with Crippen molar-refractivity contribution in [3.05, 3.63) is 21.7 Å². The summed E-state index contributed by atoms with van der Waals surface area (Å²) in [7, 11) is 4.39. The molecule has 19 heavy (non-hydrogen) atoms. The normalized spacial score (nSPS) is 24.6. The topological polar surface area (TPSA) is 35.2 Å². The Labute approximate surface area is 123 Å². The maximum Gasteiger partial charge on any atom is 0.134 e. The summed E-state index contributed by atoms with van der Waals surface area (Å²) >= 11 is 7.33. The quantitative estimate of drug-likeness (QED) is 0.840. The third-order valence-corrected chi connectivity index (χ3v) is 5.38. The van der Waals surface area contributed by atoms with Crippen LogP contribution in [-0.4, -0.2) is 59.5 Å². The minimum atomic E-state index is 0.531. The van der Waals surface area contributed by atoms with E-state index in [1.807, 2.05) is 11.8 Å². The standard InChI is InChI=1S/C13H20N4S2/c1-16-3-4-17(2)9(6-16)5-12-14-11-8-19-7-10(11)13(18)15-12/h9H,3-8H2,1-2H3,(H,14,15,18). The fourth-order valence-corrected chi connectivity index (χ4v) is 4.23. The first-order chi connectivity index (χ1) is 9.13. The second-order valence-corrected chi connectivity index (χ2v) is 6.91. The molecule has 3 heterocycles. The molecule has 1 fully saturated rings. The lowest BCUT2D eigenvalue weighted by Gasteiger charge is -2.37. The van der Waals surface area contributed by atoms with Crippen molar-refractivity contribution in [3.8, 4) is 0 Å². The number of hydrogen-bond donors (Lipinski definition) is 1. The van der Waals surface area contributed by atoms with Crippen molar-refractivity contribution in [2.45, 2.75) is 24.0 Å². The van der Waals surface area contributed by atoms with Crippen molar-refractivity contribution in [2.24, 2.45) is 0 Å². The number of aromatic amines is 1. The summed E-state index contributed by atoms with van der Waals surface area (Å²) in [5, 5.41) is 0. The number of thioether (sulfide) groups is 1. The van der Waals surface area contributed by atoms with Crippen LogP contribution in [-0.2, 0) is 17.9 Å². The van der Waals surface area contributed by atoms with Crippen LogP contribution in [0, 0.1) is 4.64 Å². The van der Waals surface area contributed by atoms with Gasteiger partial charge < -0.3 is 14.8 Å². The van der Waals surface area contributed by atoms with Crippen molar-refractivity contribution in [1.29, 1.82) is 0 Å². The number of likely N-dealkylation sites (N-methyl/N-ethyl adjacent to an activating group) is 2. The molecule has 0 spiro atoms. The number of nitrogens with one attached hydrogen (secondary N) is 1. The highest BCUT2D eigenvalue weighted by Gasteiger charge is 2.24. The molecule has 0 aliphatic carbocycles. The minimum absolute atomic E-state index is 0.531. The number of fused-ring (bicyclic) bond motifs is 1. The predicted molar refractivity (Wildman–Crippen MR) is 82.0 cm³/mol. The molecule has 0 amide bonds. The molecule has 2 aliphatic heterocycles. The van der Waals surface area contributed by atoms with Gasteiger partial charge in [0.25, 0.3) is 0 Å². The lowest BCUT2D eigenvalue weighted by Crippen LogP contribution is -2.51. The number of rotatable bonds is 2. The summed E-state index contributed by atoms with van der Waals surface area (Å²) < 4.78 is 0.806. The number of hydrogen-bond acceptors (Lipinski definition) is 5. The third kappa shape index (κ3) is 2.86. The van der Waals surface area contributed by atoms with E-state index in [1.54, 1.807) is 0 Å². The Balaban J connectivity index is 1.80. The van der Waals surface area contributed by atoms with Gasteiger partial charge in [0.15, 0.2) is 0 Å². The second-order valence-electron chi connectivity index (χ2n) is 5.54. The van der Waals surface area contributed by atoms with Crippen LogP contribution in [0.15, 0.2) is 0 Å². The van der Waals surface area contributed by atoms with Gasteiger partial charge in [-0.2, -0.15) is 11.8 Å². The summed E-state index contributed by atoms with van der Waals surface area (Å²) in [5.74, 6) is 3.12. The maximum atomic E-state index is 5.42. The molecule has 1 aromatic heterocycles. The summed E-state index contributed by atoms with van der Waals surface area (Å²) in [5.41, 5.74) is 2.55. The molecular weight excluding hydrogens is 276 g/mol. The Morgan fingerprint density at radius 1 is 1.37 bits per heavy atom. The lowest BCUT2D eigenvalue weighted by atomic mass is 10.1. The van der Waals surface area contributed by atoms with Gasteiger partial charge in [0.05, 0.1) is 0 Å². The molecule has 2 aliphatic rings. The van der Waals surface area contributed by atoms with Gasteiger partial charge in [-0.05, 0) is 14.1 Å². The summed E-state index contributed by atoms with van der Waals surface area (Å²) in [4.78, 5) is 12.9. The van der Waals surface area contributed by atoms with Crippen LogP contribution >= 0.6 is 24.0 Å². The van der Waals surface area contributed by atoms with E-state index < -0.39 is 0 Å². The van der Waals surface area contributed by atoms with Crippen molar-refractivity contribution >= 4 is 24.0 Å². The largest absolute Gasteiger partial charge is 0.346 e. The van der Waals surface area contributed by atoms with Gasteiger partial charge in [-0.15, -0.1) is 0 Å². The average molecular weight is 296 g/mol. The molecule has 1 N–H and O–H groups in total. The fourth-order valence-electron chi connectivity index (χ4n) is 2.77. The Kier molecular flexibility index (Phi) is 3.93. The lowest BCUT2D eigenvalue weighted by molar-refractivity contribution is 0.113. The van der Waals surface area contributed by atoms with Crippen LogP contribution in [0.1, 0.15) is 17.1 Å². The Morgan fingerprint density at radius 2 is 2.21 bits per heavy atom. The Bertz CT molecular complexity index is 528. The average Bonchev–Trinajstić information content (AvgIpc) is 2.82. The number of aromatic nitrogens is 2. The van der Waals surface area contributed by atoms with E-state index >= 15 is 0 Å². The van der Waals surface area contributed by atoms with Crippen molar-refractivity contribution in [2.75, 3.05) is 33.7 Å². The van der Waals surface area contributed by atoms with Crippen LogP contribution < -0.4 is 0 Å².